The lowest BCUT2D eigenvalue weighted by Gasteiger charge is -2.39. The molecule has 0 amide bonds. The summed E-state index contributed by atoms with van der Waals surface area (Å²) < 4.78 is 0. The summed E-state index contributed by atoms with van der Waals surface area (Å²) in [5.74, 6) is 0.655. The number of ketones is 1. The predicted molar refractivity (Wildman–Crippen MR) is 95.3 cm³/mol. The highest BCUT2D eigenvalue weighted by atomic mass is 16.3. The lowest BCUT2D eigenvalue weighted by Crippen LogP contribution is -2.33. The van der Waals surface area contributed by atoms with Crippen LogP contribution in [0.4, 0.5) is 0 Å². The maximum atomic E-state index is 11.7. The smallest absolute Gasteiger partial charge is 0.150 e. The van der Waals surface area contributed by atoms with Crippen molar-refractivity contribution in [2.24, 2.45) is 11.8 Å². The fourth-order valence-electron chi connectivity index (χ4n) is 4.46. The minimum absolute atomic E-state index is 0.0145. The van der Waals surface area contributed by atoms with Crippen LogP contribution in [0.2, 0.25) is 0 Å². The molecule has 1 fully saturated rings. The van der Waals surface area contributed by atoms with Gasteiger partial charge in [-0.2, -0.15) is 0 Å². The molecule has 0 saturated heterocycles. The highest BCUT2D eigenvalue weighted by Gasteiger charge is 2.37. The maximum Gasteiger partial charge on any atom is 0.150 e. The third kappa shape index (κ3) is 3.91. The Labute approximate surface area is 148 Å². The van der Waals surface area contributed by atoms with Gasteiger partial charge in [-0.1, -0.05) is 24.3 Å². The van der Waals surface area contributed by atoms with Gasteiger partial charge in [-0.05, 0) is 54.7 Å². The van der Waals surface area contributed by atoms with Crippen LogP contribution in [0.1, 0.15) is 65.9 Å². The second-order valence-corrected chi connectivity index (χ2v) is 7.29. The van der Waals surface area contributed by atoms with Crippen molar-refractivity contribution >= 4 is 12.1 Å². The molecular formula is C21H26O4. The molecule has 25 heavy (non-hydrogen) atoms. The number of aldehydes is 1. The molecule has 2 N–H and O–H groups in total. The van der Waals surface area contributed by atoms with Crippen LogP contribution in [0.3, 0.4) is 0 Å². The summed E-state index contributed by atoms with van der Waals surface area (Å²) in [7, 11) is 0. The van der Waals surface area contributed by atoms with E-state index in [1.165, 1.54) is 0 Å². The van der Waals surface area contributed by atoms with Crippen molar-refractivity contribution in [3.05, 3.63) is 47.0 Å². The minimum Gasteiger partial charge on any atom is -0.392 e. The Hall–Kier alpha value is -1.78. The molecular weight excluding hydrogens is 316 g/mol. The molecule has 3 rings (SSSR count). The molecule has 1 aromatic carbocycles. The van der Waals surface area contributed by atoms with Crippen LogP contribution in [-0.4, -0.2) is 28.4 Å². The van der Waals surface area contributed by atoms with E-state index in [0.29, 0.717) is 30.1 Å². The van der Waals surface area contributed by atoms with Gasteiger partial charge in [0.1, 0.15) is 12.1 Å². The number of aliphatic hydroxyl groups is 2. The van der Waals surface area contributed by atoms with Gasteiger partial charge in [-0.3, -0.25) is 9.59 Å². The third-order valence-electron chi connectivity index (χ3n) is 5.77. The van der Waals surface area contributed by atoms with Gasteiger partial charge >= 0.3 is 0 Å². The van der Waals surface area contributed by atoms with E-state index in [-0.39, 0.29) is 18.4 Å². The van der Waals surface area contributed by atoms with Gasteiger partial charge in [0.25, 0.3) is 0 Å². The fourth-order valence-corrected chi connectivity index (χ4v) is 4.46. The number of carbonyl (C=O) groups is 2. The van der Waals surface area contributed by atoms with Gasteiger partial charge in [-0.25, -0.2) is 0 Å². The quantitative estimate of drug-likeness (QED) is 0.637. The number of benzene rings is 1. The highest BCUT2D eigenvalue weighted by Crippen LogP contribution is 2.44. The van der Waals surface area contributed by atoms with Crippen molar-refractivity contribution in [2.45, 2.75) is 57.2 Å². The molecule has 0 radical (unpaired) electrons. The minimum atomic E-state index is -0.412. The number of allylic oxidation sites excluding steroid dienone is 1. The average molecular weight is 342 g/mol. The molecule has 1 saturated carbocycles. The summed E-state index contributed by atoms with van der Waals surface area (Å²) in [6.45, 7) is -0.133. The van der Waals surface area contributed by atoms with Crippen LogP contribution in [0.5, 0.6) is 0 Å². The van der Waals surface area contributed by atoms with Crippen LogP contribution in [0.15, 0.2) is 30.4 Å². The van der Waals surface area contributed by atoms with Crippen LogP contribution >= 0.6 is 0 Å². The van der Waals surface area contributed by atoms with E-state index in [4.69, 9.17) is 0 Å². The normalized spacial score (nSPS) is 25.8. The summed E-state index contributed by atoms with van der Waals surface area (Å²) in [4.78, 5) is 22.7. The Kier molecular flexibility index (Phi) is 5.82. The van der Waals surface area contributed by atoms with Crippen LogP contribution in [-0.2, 0) is 11.4 Å². The third-order valence-corrected chi connectivity index (χ3v) is 5.77. The molecule has 2 aliphatic carbocycles. The van der Waals surface area contributed by atoms with Gasteiger partial charge < -0.3 is 10.2 Å². The lowest BCUT2D eigenvalue weighted by molar-refractivity contribution is -0.121. The second kappa shape index (κ2) is 8.07. The summed E-state index contributed by atoms with van der Waals surface area (Å²) in [5, 5.41) is 20.5. The predicted octanol–water partition coefficient (Wildman–Crippen LogP) is 3.16. The highest BCUT2D eigenvalue weighted by molar-refractivity contribution is 5.79. The molecule has 0 aliphatic heterocycles. The largest absolute Gasteiger partial charge is 0.392 e. The van der Waals surface area contributed by atoms with Crippen LogP contribution < -0.4 is 0 Å². The molecule has 0 bridgehead atoms. The Balaban J connectivity index is 2.01. The molecule has 2 aliphatic rings. The van der Waals surface area contributed by atoms with Gasteiger partial charge in [0, 0.05) is 24.3 Å². The van der Waals surface area contributed by atoms with Crippen molar-refractivity contribution in [3.8, 4) is 0 Å². The van der Waals surface area contributed by atoms with E-state index >= 15 is 0 Å². The van der Waals surface area contributed by atoms with Gasteiger partial charge in [0.15, 0.2) is 0 Å². The maximum absolute atomic E-state index is 11.7. The molecule has 134 valence electrons. The summed E-state index contributed by atoms with van der Waals surface area (Å²) >= 11 is 0. The Bertz CT molecular complexity index is 654. The molecule has 0 spiro atoms. The van der Waals surface area contributed by atoms with Gasteiger partial charge in [0.2, 0.25) is 0 Å². The van der Waals surface area contributed by atoms with Crippen molar-refractivity contribution in [1.82, 2.24) is 0 Å². The van der Waals surface area contributed by atoms with Crippen molar-refractivity contribution in [3.63, 3.8) is 0 Å². The molecule has 4 heteroatoms. The van der Waals surface area contributed by atoms with Crippen molar-refractivity contribution in [2.75, 3.05) is 0 Å². The van der Waals surface area contributed by atoms with Crippen LogP contribution in [0.25, 0.3) is 0 Å². The van der Waals surface area contributed by atoms with E-state index < -0.39 is 6.10 Å². The first kappa shape index (κ1) is 18.0. The topological polar surface area (TPSA) is 74.6 Å². The van der Waals surface area contributed by atoms with Gasteiger partial charge in [-0.15, -0.1) is 0 Å². The number of rotatable bonds is 5. The van der Waals surface area contributed by atoms with E-state index in [1.807, 2.05) is 6.07 Å². The van der Waals surface area contributed by atoms with Crippen LogP contribution in [0, 0.1) is 11.8 Å². The molecule has 0 aromatic heterocycles. The van der Waals surface area contributed by atoms with E-state index in [0.717, 1.165) is 43.1 Å². The first-order chi connectivity index (χ1) is 12.1. The first-order valence-corrected chi connectivity index (χ1v) is 9.19. The number of aliphatic hydroxyl groups excluding tert-OH is 2. The van der Waals surface area contributed by atoms with E-state index in [1.54, 1.807) is 12.1 Å². The summed E-state index contributed by atoms with van der Waals surface area (Å²) in [6, 6.07) is 5.44. The number of hydrogen-bond donors (Lipinski definition) is 2. The molecule has 0 heterocycles. The lowest BCUT2D eigenvalue weighted by atomic mass is 9.67. The SMILES string of the molecule is O=Cc1ccc(C(C2CCC(=O)CC2)C2C=CCCC2O)c(CO)c1. The summed E-state index contributed by atoms with van der Waals surface area (Å²) in [6.07, 6.45) is 9.04. The zero-order valence-corrected chi connectivity index (χ0v) is 14.4. The number of Topliss-reactive ketones (excluding diaryl/α,β-unsaturated/α-hetero) is 1. The Morgan fingerprint density at radius 2 is 1.96 bits per heavy atom. The monoisotopic (exact) mass is 342 g/mol. The molecule has 3 unspecified atom stereocenters. The fraction of sp³-hybridized carbons (Fsp3) is 0.524. The Morgan fingerprint density at radius 1 is 1.20 bits per heavy atom. The average Bonchev–Trinajstić information content (AvgIpc) is 2.65. The number of carbonyl (C=O) groups excluding carboxylic acids is 2. The zero-order chi connectivity index (χ0) is 17.8. The second-order valence-electron chi connectivity index (χ2n) is 7.29. The van der Waals surface area contributed by atoms with E-state index in [2.05, 4.69) is 12.2 Å². The summed E-state index contributed by atoms with van der Waals surface area (Å²) in [5.41, 5.74) is 2.30. The number of hydrogen-bond acceptors (Lipinski definition) is 4. The first-order valence-electron chi connectivity index (χ1n) is 9.19. The molecule has 1 aromatic rings. The Morgan fingerprint density at radius 3 is 2.60 bits per heavy atom. The van der Waals surface area contributed by atoms with Gasteiger partial charge in [0.05, 0.1) is 12.7 Å². The van der Waals surface area contributed by atoms with E-state index in [9.17, 15) is 19.8 Å². The zero-order valence-electron chi connectivity index (χ0n) is 14.4. The molecule has 4 nitrogen and oxygen atoms in total. The van der Waals surface area contributed by atoms with Crippen molar-refractivity contribution < 1.29 is 19.8 Å². The van der Waals surface area contributed by atoms with Crippen molar-refractivity contribution in [1.29, 1.82) is 0 Å². The standard InChI is InChI=1S/C21H26O4/c22-12-14-5-10-18(16(11-14)13-23)21(15-6-8-17(24)9-7-15)19-3-1-2-4-20(19)25/h1,3,5,10-12,15,19-21,23,25H,2,4,6-9,13H2. The molecule has 3 atom stereocenters.